The van der Waals surface area contributed by atoms with Gasteiger partial charge in [0, 0.05) is 41.5 Å². The van der Waals surface area contributed by atoms with Gasteiger partial charge in [0.1, 0.15) is 6.61 Å². The monoisotopic (exact) mass is 531 g/mol. The topological polar surface area (TPSA) is 74.1 Å². The third-order valence-corrected chi connectivity index (χ3v) is 6.29. The molecule has 3 rings (SSSR count). The lowest BCUT2D eigenvalue weighted by atomic mass is 10.2. The smallest absolute Gasteiger partial charge is 0.209 e. The minimum absolute atomic E-state index is 0.302. The first kappa shape index (κ1) is 23.1. The molecule has 160 valence electrons. The van der Waals surface area contributed by atoms with E-state index < -0.39 is 0 Å². The lowest BCUT2D eigenvalue weighted by Crippen LogP contribution is -2.17. The van der Waals surface area contributed by atoms with Gasteiger partial charge in [-0.1, -0.05) is 41.0 Å². The van der Waals surface area contributed by atoms with Crippen LogP contribution in [0.3, 0.4) is 0 Å². The average Bonchev–Trinajstić information content (AvgIpc) is 3.12. The normalized spacial score (nSPS) is 11.0. The van der Waals surface area contributed by atoms with Crippen molar-refractivity contribution < 1.29 is 9.47 Å². The Hall–Kier alpha value is -1.52. The minimum atomic E-state index is 0.302. The highest BCUT2D eigenvalue weighted by atomic mass is 79.9. The van der Waals surface area contributed by atoms with Crippen molar-refractivity contribution in [3.05, 3.63) is 56.0 Å². The van der Waals surface area contributed by atoms with E-state index in [0.717, 1.165) is 33.1 Å². The Morgan fingerprint density at radius 2 is 2.07 bits per heavy atom. The largest absolute Gasteiger partial charge is 0.493 e. The Balaban J connectivity index is 1.56. The fourth-order valence-corrected chi connectivity index (χ4v) is 4.41. The zero-order valence-electron chi connectivity index (χ0n) is 16.4. The van der Waals surface area contributed by atoms with Crippen LogP contribution in [0.4, 0.5) is 0 Å². The first-order chi connectivity index (χ1) is 14.5. The molecule has 0 aliphatic carbocycles. The third-order valence-electron chi connectivity index (χ3n) is 4.10. The van der Waals surface area contributed by atoms with E-state index in [1.54, 1.807) is 35.7 Å². The molecular weight excluding hydrogens is 513 g/mol. The highest BCUT2D eigenvalue weighted by Crippen LogP contribution is 2.37. The van der Waals surface area contributed by atoms with Gasteiger partial charge in [-0.3, -0.25) is 0 Å². The van der Waals surface area contributed by atoms with Gasteiger partial charge in [-0.05, 0) is 56.2 Å². The van der Waals surface area contributed by atoms with Crippen LogP contribution in [-0.4, -0.2) is 39.6 Å². The predicted octanol–water partition coefficient (Wildman–Crippen LogP) is 4.75. The van der Waals surface area contributed by atoms with E-state index in [2.05, 4.69) is 36.8 Å². The number of hydrogen-bond donors (Lipinski definition) is 1. The van der Waals surface area contributed by atoms with Gasteiger partial charge in [-0.2, -0.15) is 0 Å². The Kier molecular flexibility index (Phi) is 8.64. The van der Waals surface area contributed by atoms with Gasteiger partial charge in [0.25, 0.3) is 0 Å². The van der Waals surface area contributed by atoms with E-state index in [0.29, 0.717) is 34.7 Å². The number of nitrogens with zero attached hydrogens (tertiary/aromatic N) is 4. The molecule has 0 fully saturated rings. The molecule has 0 aliphatic rings. The second kappa shape index (κ2) is 11.2. The highest BCUT2D eigenvalue weighted by Gasteiger charge is 2.13. The number of rotatable bonds is 10. The number of methoxy groups -OCH3 is 1. The van der Waals surface area contributed by atoms with Crippen molar-refractivity contribution in [3.8, 4) is 11.5 Å². The van der Waals surface area contributed by atoms with Crippen molar-refractivity contribution in [2.45, 2.75) is 18.3 Å². The number of hydrogen-bond acceptors (Lipinski definition) is 7. The van der Waals surface area contributed by atoms with Crippen molar-refractivity contribution in [1.29, 1.82) is 0 Å². The summed E-state index contributed by atoms with van der Waals surface area (Å²) in [5.74, 6) is 2.12. The Labute approximate surface area is 197 Å². The van der Waals surface area contributed by atoms with E-state index >= 15 is 0 Å². The van der Waals surface area contributed by atoms with Crippen LogP contribution in [0, 0.1) is 0 Å². The van der Waals surface area contributed by atoms with E-state index in [4.69, 9.17) is 32.7 Å². The number of benzene rings is 2. The fourth-order valence-electron chi connectivity index (χ4n) is 2.59. The molecule has 0 saturated carbocycles. The van der Waals surface area contributed by atoms with E-state index in [-0.39, 0.29) is 0 Å². The molecule has 1 heterocycles. The van der Waals surface area contributed by atoms with Crippen molar-refractivity contribution >= 4 is 50.9 Å². The van der Waals surface area contributed by atoms with Crippen molar-refractivity contribution in [1.82, 2.24) is 25.5 Å². The number of halogens is 3. The lowest BCUT2D eigenvalue weighted by Gasteiger charge is -2.15. The first-order valence-electron chi connectivity index (χ1n) is 8.97. The molecule has 0 bridgehead atoms. The Bertz CT molecular complexity index is 1010. The number of thioether (sulfide) groups is 1. The van der Waals surface area contributed by atoms with Gasteiger partial charge in [-0.25, -0.2) is 4.68 Å². The second-order valence-electron chi connectivity index (χ2n) is 6.24. The van der Waals surface area contributed by atoms with Gasteiger partial charge in [0.2, 0.25) is 5.16 Å². The highest BCUT2D eigenvalue weighted by molar-refractivity contribution is 9.10. The van der Waals surface area contributed by atoms with E-state index in [1.165, 1.54) is 0 Å². The number of aromatic nitrogens is 4. The summed E-state index contributed by atoms with van der Waals surface area (Å²) in [5, 5.41) is 16.7. The second-order valence-corrected chi connectivity index (χ2v) is 9.00. The maximum atomic E-state index is 6.23. The van der Waals surface area contributed by atoms with Crippen LogP contribution in [0.15, 0.2) is 40.0 Å². The summed E-state index contributed by atoms with van der Waals surface area (Å²) in [4.78, 5) is 0. The van der Waals surface area contributed by atoms with Crippen molar-refractivity contribution in [2.24, 2.45) is 7.05 Å². The van der Waals surface area contributed by atoms with E-state index in [1.807, 2.05) is 25.2 Å². The zero-order valence-corrected chi connectivity index (χ0v) is 20.3. The molecule has 0 saturated heterocycles. The molecule has 2 aromatic carbocycles. The third kappa shape index (κ3) is 6.24. The molecule has 3 aromatic rings. The summed E-state index contributed by atoms with van der Waals surface area (Å²) in [7, 11) is 3.44. The molecule has 0 aliphatic heterocycles. The lowest BCUT2D eigenvalue weighted by molar-refractivity contribution is 0.282. The van der Waals surface area contributed by atoms with Crippen LogP contribution in [-0.2, 0) is 20.2 Å². The van der Waals surface area contributed by atoms with Crippen molar-refractivity contribution in [3.63, 3.8) is 0 Å². The Morgan fingerprint density at radius 1 is 1.23 bits per heavy atom. The molecule has 0 radical (unpaired) electrons. The van der Waals surface area contributed by atoms with E-state index in [9.17, 15) is 0 Å². The van der Waals surface area contributed by atoms with Gasteiger partial charge in [0.05, 0.1) is 11.6 Å². The summed E-state index contributed by atoms with van der Waals surface area (Å²) >= 11 is 17.4. The van der Waals surface area contributed by atoms with Crippen LogP contribution < -0.4 is 14.8 Å². The standard InChI is InChI=1S/C19H20BrCl2N5O2S/c1-27-19(24-25-26-27)30-6-5-23-10-12-7-15(20)18(17(8-12)28-2)29-11-13-3-4-14(21)9-16(13)22/h3-4,7-9,23H,5-6,10-11H2,1-2H3. The van der Waals surface area contributed by atoms with Crippen LogP contribution in [0.5, 0.6) is 11.5 Å². The zero-order chi connectivity index (χ0) is 21.5. The average molecular weight is 533 g/mol. The molecule has 11 heteroatoms. The summed E-state index contributed by atoms with van der Waals surface area (Å²) in [6, 6.07) is 9.29. The Morgan fingerprint density at radius 3 is 2.77 bits per heavy atom. The van der Waals surface area contributed by atoms with Gasteiger partial charge < -0.3 is 14.8 Å². The molecule has 0 spiro atoms. The molecule has 0 atom stereocenters. The number of tetrazole rings is 1. The summed E-state index contributed by atoms with van der Waals surface area (Å²) < 4.78 is 14.0. The van der Waals surface area contributed by atoms with Gasteiger partial charge in [-0.15, -0.1) is 5.10 Å². The molecule has 1 aromatic heterocycles. The van der Waals surface area contributed by atoms with Crippen LogP contribution in [0.1, 0.15) is 11.1 Å². The fraction of sp³-hybridized carbons (Fsp3) is 0.316. The van der Waals surface area contributed by atoms with Crippen LogP contribution in [0.2, 0.25) is 10.0 Å². The maximum Gasteiger partial charge on any atom is 0.209 e. The summed E-state index contributed by atoms with van der Waals surface area (Å²) in [6.07, 6.45) is 0. The van der Waals surface area contributed by atoms with Crippen molar-refractivity contribution in [2.75, 3.05) is 19.4 Å². The molecule has 0 unspecified atom stereocenters. The number of aryl methyl sites for hydroxylation is 1. The van der Waals surface area contributed by atoms with Gasteiger partial charge in [0.15, 0.2) is 11.5 Å². The molecular formula is C19H20BrCl2N5O2S. The number of ether oxygens (including phenoxy) is 2. The minimum Gasteiger partial charge on any atom is -0.493 e. The summed E-state index contributed by atoms with van der Waals surface area (Å²) in [5.41, 5.74) is 1.91. The molecule has 7 nitrogen and oxygen atoms in total. The molecule has 1 N–H and O–H groups in total. The SMILES string of the molecule is COc1cc(CNCCSc2nnnn2C)cc(Br)c1OCc1ccc(Cl)cc1Cl. The predicted molar refractivity (Wildman–Crippen MR) is 123 cm³/mol. The molecule has 30 heavy (non-hydrogen) atoms. The summed E-state index contributed by atoms with van der Waals surface area (Å²) in [6.45, 7) is 1.80. The van der Waals surface area contributed by atoms with Crippen LogP contribution >= 0.6 is 50.9 Å². The van der Waals surface area contributed by atoms with Gasteiger partial charge >= 0.3 is 0 Å². The first-order valence-corrected chi connectivity index (χ1v) is 11.5. The number of nitrogens with one attached hydrogen (secondary N) is 1. The van der Waals surface area contributed by atoms with Crippen LogP contribution in [0.25, 0.3) is 0 Å². The molecule has 0 amide bonds. The maximum absolute atomic E-state index is 6.23. The quantitative estimate of drug-likeness (QED) is 0.298.